The zero-order chi connectivity index (χ0) is 30.1. The summed E-state index contributed by atoms with van der Waals surface area (Å²) in [4.78, 5) is 41.3. The zero-order valence-corrected chi connectivity index (χ0v) is 24.2. The molecule has 220 valence electrons. The molecule has 3 rings (SSSR count). The Balaban J connectivity index is 2.04. The monoisotopic (exact) mass is 557 g/mol. The number of anilines is 1. The number of phenolic OH excluding ortho intramolecular Hbond substituents is 1. The summed E-state index contributed by atoms with van der Waals surface area (Å²) in [6, 6.07) is 0.605. The van der Waals surface area contributed by atoms with E-state index >= 15 is 0 Å². The molecule has 0 heterocycles. The number of aliphatic hydroxyl groups is 3. The first-order valence-electron chi connectivity index (χ1n) is 13.8. The molecule has 0 radical (unpaired) electrons. The van der Waals surface area contributed by atoms with Crippen LogP contribution in [-0.2, 0) is 21.6 Å². The highest BCUT2D eigenvalue weighted by atomic mass is 16.3. The number of hydrogen-bond donors (Lipinski definition) is 5. The third kappa shape index (κ3) is 5.80. The molecule has 2 aliphatic carbocycles. The number of carbonyl (C=O) groups is 3. The van der Waals surface area contributed by atoms with Crippen LogP contribution in [0.15, 0.2) is 29.6 Å². The molecular formula is C30H43N3O7. The van der Waals surface area contributed by atoms with Gasteiger partial charge in [-0.2, -0.15) is 0 Å². The van der Waals surface area contributed by atoms with E-state index in [0.717, 1.165) is 19.3 Å². The molecule has 1 fully saturated rings. The molecule has 0 spiro atoms. The van der Waals surface area contributed by atoms with Crippen LogP contribution in [0.25, 0.3) is 0 Å². The molecule has 1 aromatic carbocycles. The molecular weight excluding hydrogens is 514 g/mol. The van der Waals surface area contributed by atoms with Crippen molar-refractivity contribution < 1.29 is 34.8 Å². The van der Waals surface area contributed by atoms with E-state index in [1.807, 2.05) is 19.0 Å². The minimum atomic E-state index is -1.30. The molecule has 0 saturated heterocycles. The van der Waals surface area contributed by atoms with E-state index in [4.69, 9.17) is 5.73 Å². The number of rotatable bonds is 10. The Labute approximate surface area is 235 Å². The van der Waals surface area contributed by atoms with Crippen molar-refractivity contribution >= 4 is 23.2 Å². The molecule has 1 saturated carbocycles. The van der Waals surface area contributed by atoms with E-state index in [2.05, 4.69) is 6.58 Å². The van der Waals surface area contributed by atoms with Crippen molar-refractivity contribution in [3.8, 4) is 5.75 Å². The van der Waals surface area contributed by atoms with Crippen LogP contribution in [0.3, 0.4) is 0 Å². The number of hydrogen-bond acceptors (Lipinski definition) is 9. The summed E-state index contributed by atoms with van der Waals surface area (Å²) in [7, 11) is 6.80. The summed E-state index contributed by atoms with van der Waals surface area (Å²) in [5.74, 6) is -3.62. The number of nitrogens with two attached hydrogens (primary N) is 1. The minimum absolute atomic E-state index is 0.0252. The number of aromatic hydroxyl groups is 1. The lowest BCUT2D eigenvalue weighted by atomic mass is 9.72. The second kappa shape index (κ2) is 12.1. The predicted octanol–water partition coefficient (Wildman–Crippen LogP) is 2.48. The Morgan fingerprint density at radius 3 is 2.27 bits per heavy atom. The van der Waals surface area contributed by atoms with Crippen molar-refractivity contribution in [2.45, 2.75) is 76.0 Å². The number of allylic oxidation sites excluding steroid dienone is 1. The number of aliphatic hydroxyl groups excluding tert-OH is 2. The molecule has 10 heteroatoms. The van der Waals surface area contributed by atoms with Gasteiger partial charge in [-0.15, -0.1) is 0 Å². The lowest BCUT2D eigenvalue weighted by molar-refractivity contribution is -0.121. The van der Waals surface area contributed by atoms with Crippen molar-refractivity contribution in [2.75, 3.05) is 33.1 Å². The molecule has 3 atom stereocenters. The fourth-order valence-electron chi connectivity index (χ4n) is 6.17. The molecule has 0 bridgehead atoms. The van der Waals surface area contributed by atoms with Gasteiger partial charge in [-0.3, -0.25) is 19.3 Å². The highest BCUT2D eigenvalue weighted by molar-refractivity contribution is 6.19. The Morgan fingerprint density at radius 1 is 1.18 bits per heavy atom. The van der Waals surface area contributed by atoms with Crippen molar-refractivity contribution in [3.05, 3.63) is 46.2 Å². The lowest BCUT2D eigenvalue weighted by Crippen LogP contribution is -2.44. The third-order valence-corrected chi connectivity index (χ3v) is 8.34. The van der Waals surface area contributed by atoms with Crippen molar-refractivity contribution in [1.82, 2.24) is 4.90 Å². The highest BCUT2D eigenvalue weighted by Crippen LogP contribution is 2.48. The largest absolute Gasteiger partial charge is 0.510 e. The van der Waals surface area contributed by atoms with Crippen LogP contribution in [-0.4, -0.2) is 83.1 Å². The summed E-state index contributed by atoms with van der Waals surface area (Å²) in [5, 5.41) is 44.9. The van der Waals surface area contributed by atoms with Gasteiger partial charge >= 0.3 is 0 Å². The SMILES string of the molecule is C=C1C(=O)c2c(O)c(C3(O)CCCCC3)cc(N(C)C)c2C[C@H]1C[C@H](O)[C@@H](/C(O)=C(/C(N)=O)C(=O)CC)N(C)C. The number of carbonyl (C=O) groups excluding carboxylic acids is 3. The van der Waals surface area contributed by atoms with Crippen molar-refractivity contribution in [1.29, 1.82) is 0 Å². The Kier molecular flexibility index (Phi) is 9.49. The van der Waals surface area contributed by atoms with Crippen LogP contribution in [0.5, 0.6) is 5.75 Å². The fourth-order valence-corrected chi connectivity index (χ4v) is 6.17. The van der Waals surface area contributed by atoms with Gasteiger partial charge in [0.05, 0.1) is 23.3 Å². The first-order valence-corrected chi connectivity index (χ1v) is 13.8. The number of primary amides is 1. The number of benzene rings is 1. The molecule has 0 aliphatic heterocycles. The van der Waals surface area contributed by atoms with Crippen LogP contribution in [0.1, 0.15) is 73.4 Å². The van der Waals surface area contributed by atoms with Crippen LogP contribution in [0, 0.1) is 5.92 Å². The van der Waals surface area contributed by atoms with E-state index in [9.17, 15) is 34.8 Å². The number of fused-ring (bicyclic) bond motifs is 1. The van der Waals surface area contributed by atoms with Crippen LogP contribution >= 0.6 is 0 Å². The normalized spacial score (nSPS) is 20.9. The summed E-state index contributed by atoms with van der Waals surface area (Å²) >= 11 is 0. The molecule has 40 heavy (non-hydrogen) atoms. The van der Waals surface area contributed by atoms with E-state index in [1.165, 1.54) is 11.8 Å². The maximum atomic E-state index is 13.7. The summed E-state index contributed by atoms with van der Waals surface area (Å²) in [6.45, 7) is 5.53. The molecule has 0 aromatic heterocycles. The molecule has 0 unspecified atom stereocenters. The smallest absolute Gasteiger partial charge is 0.255 e. The van der Waals surface area contributed by atoms with Crippen LogP contribution in [0.4, 0.5) is 5.69 Å². The van der Waals surface area contributed by atoms with E-state index in [0.29, 0.717) is 29.7 Å². The predicted molar refractivity (Wildman–Crippen MR) is 152 cm³/mol. The number of amides is 1. The average molecular weight is 558 g/mol. The number of likely N-dealkylation sites (N-methyl/N-ethyl adjacent to an activating group) is 1. The second-order valence-corrected chi connectivity index (χ2v) is 11.5. The quantitative estimate of drug-likeness (QED) is 0.126. The summed E-state index contributed by atoms with van der Waals surface area (Å²) < 4.78 is 0. The van der Waals surface area contributed by atoms with E-state index in [1.54, 1.807) is 20.2 Å². The van der Waals surface area contributed by atoms with Gasteiger partial charge in [-0.25, -0.2) is 0 Å². The number of phenols is 1. The van der Waals surface area contributed by atoms with Gasteiger partial charge in [-0.05, 0) is 62.9 Å². The van der Waals surface area contributed by atoms with Gasteiger partial charge in [0.15, 0.2) is 11.6 Å². The van der Waals surface area contributed by atoms with Crippen LogP contribution < -0.4 is 10.6 Å². The Morgan fingerprint density at radius 2 is 1.77 bits per heavy atom. The van der Waals surface area contributed by atoms with Gasteiger partial charge in [-0.1, -0.05) is 32.8 Å². The Bertz CT molecular complexity index is 1230. The molecule has 1 aromatic rings. The van der Waals surface area contributed by atoms with Gasteiger partial charge in [0.1, 0.15) is 17.1 Å². The minimum Gasteiger partial charge on any atom is -0.510 e. The first-order chi connectivity index (χ1) is 18.7. The van der Waals surface area contributed by atoms with Gasteiger partial charge in [0.2, 0.25) is 0 Å². The van der Waals surface area contributed by atoms with Gasteiger partial charge in [0.25, 0.3) is 5.91 Å². The maximum Gasteiger partial charge on any atom is 0.255 e. The Hall–Kier alpha value is -3.21. The van der Waals surface area contributed by atoms with E-state index < -0.39 is 52.5 Å². The summed E-state index contributed by atoms with van der Waals surface area (Å²) in [6.07, 6.45) is 2.50. The van der Waals surface area contributed by atoms with Crippen molar-refractivity contribution in [3.63, 3.8) is 0 Å². The summed E-state index contributed by atoms with van der Waals surface area (Å²) in [5.41, 5.74) is 5.50. The number of nitrogens with zero attached hydrogens (tertiary/aromatic N) is 2. The third-order valence-electron chi connectivity index (χ3n) is 8.34. The fraction of sp³-hybridized carbons (Fsp3) is 0.567. The second-order valence-electron chi connectivity index (χ2n) is 11.5. The standard InChI is InChI=1S/C30H43N3O7/c1-7-21(34)24(29(31)39)28(38)25(33(5)6)22(35)14-17-13-18-20(32(3)4)15-19(30(40)11-9-8-10-12-30)27(37)23(18)26(36)16(17)2/h15,17,22,25,35,37-38,40H,2,7-14H2,1,3-6H3,(H2,31,39)/b28-24-/t17-,22-,25-/m0/s1. The molecule has 6 N–H and O–H groups in total. The zero-order valence-electron chi connectivity index (χ0n) is 24.2. The topological polar surface area (TPSA) is 165 Å². The maximum absolute atomic E-state index is 13.7. The van der Waals surface area contributed by atoms with E-state index in [-0.39, 0.29) is 36.1 Å². The first kappa shape index (κ1) is 31.3. The molecule has 2 aliphatic rings. The van der Waals surface area contributed by atoms with Gasteiger partial charge < -0.3 is 31.1 Å². The van der Waals surface area contributed by atoms with Gasteiger partial charge in [0, 0.05) is 31.8 Å². The van der Waals surface area contributed by atoms with Crippen molar-refractivity contribution in [2.24, 2.45) is 11.7 Å². The van der Waals surface area contributed by atoms with Crippen LogP contribution in [0.2, 0.25) is 0 Å². The average Bonchev–Trinajstić information content (AvgIpc) is 2.86. The highest BCUT2D eigenvalue weighted by Gasteiger charge is 2.42. The number of ketones is 2. The lowest BCUT2D eigenvalue weighted by Gasteiger charge is -2.38. The molecule has 10 nitrogen and oxygen atoms in total. The molecule has 1 amide bonds. The number of Topliss-reactive ketones (excluding diaryl/α,β-unsaturated/α-hetero) is 2.